The summed E-state index contributed by atoms with van der Waals surface area (Å²) in [5.41, 5.74) is 4.49. The predicted octanol–water partition coefficient (Wildman–Crippen LogP) is 4.26. The lowest BCUT2D eigenvalue weighted by Gasteiger charge is -2.18. The Morgan fingerprint density at radius 2 is 1.98 bits per heavy atom. The van der Waals surface area contributed by atoms with E-state index in [-0.39, 0.29) is 5.91 Å². The van der Waals surface area contributed by atoms with E-state index in [4.69, 9.17) is 16.3 Å². The van der Waals surface area contributed by atoms with Gasteiger partial charge in [0, 0.05) is 54.3 Å². The van der Waals surface area contributed by atoms with Gasteiger partial charge in [0.25, 0.3) is 0 Å². The molecule has 2 aromatic carbocycles. The van der Waals surface area contributed by atoms with Gasteiger partial charge in [-0.3, -0.25) is 14.9 Å². The van der Waals surface area contributed by atoms with Crippen LogP contribution in [0, 0.1) is 0 Å². The van der Waals surface area contributed by atoms with Gasteiger partial charge in [0.2, 0.25) is 11.8 Å². The fourth-order valence-corrected chi connectivity index (χ4v) is 5.04. The Kier molecular flexibility index (Phi) is 9.11. The van der Waals surface area contributed by atoms with Gasteiger partial charge in [-0.05, 0) is 71.7 Å². The van der Waals surface area contributed by atoms with Crippen LogP contribution in [-0.2, 0) is 27.2 Å². The molecule has 0 radical (unpaired) electrons. The number of hydrogen-bond acceptors (Lipinski definition) is 8. The van der Waals surface area contributed by atoms with E-state index in [1.807, 2.05) is 6.07 Å². The number of rotatable bonds is 5. The molecule has 13 nitrogen and oxygen atoms in total. The third-order valence-electron chi connectivity index (χ3n) is 7.00. The normalized spacial score (nSPS) is 13.9. The fourth-order valence-electron chi connectivity index (χ4n) is 4.86. The van der Waals surface area contributed by atoms with Crippen molar-refractivity contribution < 1.29 is 19.1 Å². The van der Waals surface area contributed by atoms with E-state index in [1.165, 1.54) is 24.2 Å². The van der Waals surface area contributed by atoms with Gasteiger partial charge in [0.15, 0.2) is 0 Å². The van der Waals surface area contributed by atoms with Crippen LogP contribution in [0.1, 0.15) is 36.2 Å². The molecular formula is C29H30ClN9O4. The van der Waals surface area contributed by atoms with Gasteiger partial charge in [0.05, 0.1) is 30.4 Å². The number of benzene rings is 2. The molecule has 0 saturated heterocycles. The highest BCUT2D eigenvalue weighted by molar-refractivity contribution is 6.30. The quantitative estimate of drug-likeness (QED) is 0.285. The lowest BCUT2D eigenvalue weighted by molar-refractivity contribution is -0.130. The number of amides is 3. The number of nitrogens with one attached hydrogen (secondary N) is 3. The summed E-state index contributed by atoms with van der Waals surface area (Å²) in [5, 5.41) is 17.4. The van der Waals surface area contributed by atoms with Crippen LogP contribution in [0.5, 0.6) is 0 Å². The standard InChI is InChI=1S/C29H30ClN9O4/c1-38-12-4-3-5-19-14-21(33-29(42)43-2)15-22(28(19)23-16-31-25(34-23)9-11-27(38)41)35-26(40)10-6-18-13-20(30)7-8-24(18)39-17-32-36-37-39/h6-8,10,13-17H,3-5,9,11-12H2,1-2H3,(H,31,34)(H,33,42)(H,35,40). The molecule has 43 heavy (non-hydrogen) atoms. The number of fused-ring (bicyclic) bond motifs is 4. The summed E-state index contributed by atoms with van der Waals surface area (Å²) in [7, 11) is 3.08. The first kappa shape index (κ1) is 29.5. The molecule has 3 amide bonds. The highest BCUT2D eigenvalue weighted by Crippen LogP contribution is 2.35. The number of carbonyl (C=O) groups excluding carboxylic acids is 3. The van der Waals surface area contributed by atoms with Crippen LogP contribution in [0.25, 0.3) is 23.0 Å². The van der Waals surface area contributed by atoms with Crippen LogP contribution in [0.15, 0.2) is 48.9 Å². The Balaban J connectivity index is 1.51. The van der Waals surface area contributed by atoms with Gasteiger partial charge in [-0.2, -0.15) is 4.68 Å². The maximum absolute atomic E-state index is 13.3. The third-order valence-corrected chi connectivity index (χ3v) is 7.23. The second kappa shape index (κ2) is 13.3. The molecule has 0 fully saturated rings. The van der Waals surface area contributed by atoms with E-state index < -0.39 is 12.0 Å². The minimum Gasteiger partial charge on any atom is -0.453 e. The van der Waals surface area contributed by atoms with E-state index in [1.54, 1.807) is 48.5 Å². The molecule has 2 bridgehead atoms. The van der Waals surface area contributed by atoms with Gasteiger partial charge < -0.3 is 19.9 Å². The number of H-pyrrole nitrogens is 1. The first-order valence-electron chi connectivity index (χ1n) is 13.6. The zero-order valence-electron chi connectivity index (χ0n) is 23.6. The number of carbonyl (C=O) groups is 3. The fraction of sp³-hybridized carbons (Fsp3) is 0.276. The number of hydrogen-bond donors (Lipinski definition) is 3. The van der Waals surface area contributed by atoms with Crippen molar-refractivity contribution in [3.05, 3.63) is 70.9 Å². The molecule has 0 unspecified atom stereocenters. The number of halogens is 1. The lowest BCUT2D eigenvalue weighted by Crippen LogP contribution is -2.28. The van der Waals surface area contributed by atoms with Crippen molar-refractivity contribution in [2.75, 3.05) is 31.3 Å². The van der Waals surface area contributed by atoms with Crippen molar-refractivity contribution >= 4 is 47.0 Å². The number of aromatic amines is 1. The van der Waals surface area contributed by atoms with Crippen LogP contribution in [0.2, 0.25) is 5.02 Å². The van der Waals surface area contributed by atoms with Gasteiger partial charge in [-0.1, -0.05) is 11.6 Å². The summed E-state index contributed by atoms with van der Waals surface area (Å²) in [6, 6.07) is 8.69. The van der Waals surface area contributed by atoms with Crippen molar-refractivity contribution in [2.24, 2.45) is 0 Å². The summed E-state index contributed by atoms with van der Waals surface area (Å²) >= 11 is 6.23. The second-order valence-electron chi connectivity index (χ2n) is 9.97. The van der Waals surface area contributed by atoms with Crippen LogP contribution < -0.4 is 10.6 Å². The zero-order chi connectivity index (χ0) is 30.3. The van der Waals surface area contributed by atoms with Gasteiger partial charge >= 0.3 is 6.09 Å². The Labute approximate surface area is 252 Å². The Morgan fingerprint density at radius 3 is 2.77 bits per heavy atom. The average Bonchev–Trinajstić information content (AvgIpc) is 3.69. The Morgan fingerprint density at radius 1 is 1.12 bits per heavy atom. The van der Waals surface area contributed by atoms with Gasteiger partial charge in [-0.25, -0.2) is 9.78 Å². The molecule has 0 spiro atoms. The highest BCUT2D eigenvalue weighted by Gasteiger charge is 2.19. The summed E-state index contributed by atoms with van der Waals surface area (Å²) in [6.45, 7) is 0.626. The number of aryl methyl sites for hydroxylation is 2. The van der Waals surface area contributed by atoms with E-state index in [0.29, 0.717) is 65.0 Å². The molecule has 5 rings (SSSR count). The second-order valence-corrected chi connectivity index (χ2v) is 10.4. The van der Waals surface area contributed by atoms with Crippen LogP contribution in [0.3, 0.4) is 0 Å². The molecule has 1 aliphatic heterocycles. The Hall–Kier alpha value is -5.04. The minimum atomic E-state index is -0.637. The topological polar surface area (TPSA) is 160 Å². The number of nitrogens with zero attached hydrogens (tertiary/aromatic N) is 6. The molecule has 0 saturated carbocycles. The summed E-state index contributed by atoms with van der Waals surface area (Å²) in [6.07, 6.45) is 8.47. The number of methoxy groups -OCH3 is 1. The number of anilines is 2. The van der Waals surface area contributed by atoms with Crippen molar-refractivity contribution in [3.63, 3.8) is 0 Å². The monoisotopic (exact) mass is 603 g/mol. The van der Waals surface area contributed by atoms with Gasteiger partial charge in [0.1, 0.15) is 12.2 Å². The van der Waals surface area contributed by atoms with E-state index >= 15 is 0 Å². The molecule has 14 heteroatoms. The van der Waals surface area contributed by atoms with Crippen molar-refractivity contribution in [1.29, 1.82) is 0 Å². The van der Waals surface area contributed by atoms with Crippen molar-refractivity contribution in [3.8, 4) is 16.9 Å². The van der Waals surface area contributed by atoms with E-state index in [2.05, 4.69) is 36.1 Å². The van der Waals surface area contributed by atoms with Crippen LogP contribution in [-0.4, -0.2) is 73.7 Å². The SMILES string of the molecule is COC(=O)Nc1cc2c(c(NC(=O)C=Cc3cc(Cl)ccc3-n3cnnn3)c1)-c1cnc([nH]1)CCC(=O)N(C)CCCC2. The Bertz CT molecular complexity index is 1670. The van der Waals surface area contributed by atoms with Crippen LogP contribution in [0.4, 0.5) is 16.2 Å². The minimum absolute atomic E-state index is 0.0574. The highest BCUT2D eigenvalue weighted by atomic mass is 35.5. The summed E-state index contributed by atoms with van der Waals surface area (Å²) in [5.74, 6) is 0.295. The van der Waals surface area contributed by atoms with Crippen molar-refractivity contribution in [1.82, 2.24) is 35.1 Å². The molecule has 2 aromatic heterocycles. The smallest absolute Gasteiger partial charge is 0.411 e. The first-order valence-corrected chi connectivity index (χ1v) is 14.0. The maximum Gasteiger partial charge on any atom is 0.411 e. The molecule has 4 aromatic rings. The van der Waals surface area contributed by atoms with Gasteiger partial charge in [-0.15, -0.1) is 5.10 Å². The van der Waals surface area contributed by atoms with E-state index in [0.717, 1.165) is 24.0 Å². The number of aromatic nitrogens is 6. The summed E-state index contributed by atoms with van der Waals surface area (Å²) in [4.78, 5) is 47.5. The molecular weight excluding hydrogens is 574 g/mol. The molecule has 0 aliphatic carbocycles. The first-order chi connectivity index (χ1) is 20.8. The largest absolute Gasteiger partial charge is 0.453 e. The molecule has 222 valence electrons. The van der Waals surface area contributed by atoms with E-state index in [9.17, 15) is 14.4 Å². The van der Waals surface area contributed by atoms with Crippen LogP contribution >= 0.6 is 11.6 Å². The molecule has 3 N–H and O–H groups in total. The summed E-state index contributed by atoms with van der Waals surface area (Å²) < 4.78 is 6.27. The molecule has 0 atom stereocenters. The maximum atomic E-state index is 13.3. The zero-order valence-corrected chi connectivity index (χ0v) is 24.4. The lowest BCUT2D eigenvalue weighted by atomic mass is 9.96. The predicted molar refractivity (Wildman–Crippen MR) is 161 cm³/mol. The number of imidazole rings is 1. The molecule has 3 heterocycles. The molecule has 1 aliphatic rings. The third kappa shape index (κ3) is 7.25. The average molecular weight is 604 g/mol. The van der Waals surface area contributed by atoms with Crippen molar-refractivity contribution in [2.45, 2.75) is 32.1 Å². The number of tetrazole rings is 1. The number of ether oxygens (including phenoxy) is 1.